The predicted molar refractivity (Wildman–Crippen MR) is 101 cm³/mol. The smallest absolute Gasteiger partial charge is 0.191 e. The predicted octanol–water partition coefficient (Wildman–Crippen LogP) is 2.58. The van der Waals surface area contributed by atoms with Crippen LogP contribution in [-0.2, 0) is 13.0 Å². The highest BCUT2D eigenvalue weighted by molar-refractivity contribution is 5.79. The third-order valence-corrected chi connectivity index (χ3v) is 3.59. The SMILES string of the molecule is CCNC(=NCc1cccc(N(C)C)n1)NCCc1cccc(F)c1. The zero-order valence-electron chi connectivity index (χ0n) is 15.1. The van der Waals surface area contributed by atoms with Crippen LogP contribution in [0.4, 0.5) is 10.2 Å². The lowest BCUT2D eigenvalue weighted by Gasteiger charge is -2.13. The Morgan fingerprint density at radius 2 is 1.96 bits per heavy atom. The summed E-state index contributed by atoms with van der Waals surface area (Å²) in [5, 5.41) is 6.49. The molecule has 25 heavy (non-hydrogen) atoms. The van der Waals surface area contributed by atoms with Crippen LogP contribution in [-0.4, -0.2) is 38.1 Å². The number of halogens is 1. The van der Waals surface area contributed by atoms with E-state index in [1.165, 1.54) is 6.07 Å². The van der Waals surface area contributed by atoms with Crippen molar-refractivity contribution in [2.24, 2.45) is 4.99 Å². The van der Waals surface area contributed by atoms with Crippen molar-refractivity contribution >= 4 is 11.8 Å². The number of aromatic nitrogens is 1. The van der Waals surface area contributed by atoms with Crippen molar-refractivity contribution in [1.29, 1.82) is 0 Å². The molecule has 0 aliphatic heterocycles. The molecule has 0 radical (unpaired) electrons. The van der Waals surface area contributed by atoms with Gasteiger partial charge in [-0.25, -0.2) is 14.4 Å². The fourth-order valence-corrected chi connectivity index (χ4v) is 2.32. The highest BCUT2D eigenvalue weighted by Crippen LogP contribution is 2.08. The first-order valence-electron chi connectivity index (χ1n) is 8.48. The Morgan fingerprint density at radius 3 is 2.68 bits per heavy atom. The number of nitrogens with one attached hydrogen (secondary N) is 2. The summed E-state index contributed by atoms with van der Waals surface area (Å²) in [4.78, 5) is 11.1. The number of anilines is 1. The van der Waals surface area contributed by atoms with Crippen LogP contribution >= 0.6 is 0 Å². The molecule has 134 valence electrons. The van der Waals surface area contributed by atoms with E-state index in [1.807, 2.05) is 50.2 Å². The zero-order chi connectivity index (χ0) is 18.1. The van der Waals surface area contributed by atoms with E-state index in [1.54, 1.807) is 12.1 Å². The third kappa shape index (κ3) is 6.41. The summed E-state index contributed by atoms with van der Waals surface area (Å²) in [6.45, 7) is 3.98. The number of benzene rings is 1. The van der Waals surface area contributed by atoms with Gasteiger partial charge in [0.05, 0.1) is 12.2 Å². The fourth-order valence-electron chi connectivity index (χ4n) is 2.32. The quantitative estimate of drug-likeness (QED) is 0.599. The Kier molecular flexibility index (Phi) is 7.19. The van der Waals surface area contributed by atoms with Crippen LogP contribution in [0.2, 0.25) is 0 Å². The van der Waals surface area contributed by atoms with Crippen LogP contribution in [0.3, 0.4) is 0 Å². The Morgan fingerprint density at radius 1 is 1.16 bits per heavy atom. The Bertz CT molecular complexity index is 700. The summed E-state index contributed by atoms with van der Waals surface area (Å²) in [6, 6.07) is 12.6. The molecule has 6 heteroatoms. The Balaban J connectivity index is 1.92. The summed E-state index contributed by atoms with van der Waals surface area (Å²) in [5.74, 6) is 1.44. The minimum absolute atomic E-state index is 0.204. The van der Waals surface area contributed by atoms with Crippen LogP contribution in [0.25, 0.3) is 0 Å². The molecule has 2 rings (SSSR count). The average Bonchev–Trinajstić information content (AvgIpc) is 2.60. The molecule has 2 N–H and O–H groups in total. The first-order valence-corrected chi connectivity index (χ1v) is 8.48. The van der Waals surface area contributed by atoms with Gasteiger partial charge in [0.2, 0.25) is 0 Å². The van der Waals surface area contributed by atoms with Crippen LogP contribution in [0.1, 0.15) is 18.2 Å². The van der Waals surface area contributed by atoms with Gasteiger partial charge >= 0.3 is 0 Å². The molecule has 0 saturated carbocycles. The lowest BCUT2D eigenvalue weighted by atomic mass is 10.1. The van der Waals surface area contributed by atoms with Crippen molar-refractivity contribution in [3.63, 3.8) is 0 Å². The number of hydrogen-bond donors (Lipinski definition) is 2. The third-order valence-electron chi connectivity index (χ3n) is 3.59. The summed E-state index contributed by atoms with van der Waals surface area (Å²) in [7, 11) is 3.93. The molecule has 0 atom stereocenters. The maximum atomic E-state index is 13.2. The number of nitrogens with zero attached hydrogens (tertiary/aromatic N) is 3. The van der Waals surface area contributed by atoms with Gasteiger partial charge in [-0.1, -0.05) is 18.2 Å². The van der Waals surface area contributed by atoms with Gasteiger partial charge in [0.1, 0.15) is 11.6 Å². The number of guanidine groups is 1. The van der Waals surface area contributed by atoms with Crippen molar-refractivity contribution in [2.45, 2.75) is 19.9 Å². The maximum Gasteiger partial charge on any atom is 0.191 e. The van der Waals surface area contributed by atoms with Crippen LogP contribution in [0.5, 0.6) is 0 Å². The van der Waals surface area contributed by atoms with E-state index in [0.717, 1.165) is 36.0 Å². The summed E-state index contributed by atoms with van der Waals surface area (Å²) in [5.41, 5.74) is 1.87. The molecule has 0 saturated heterocycles. The molecule has 5 nitrogen and oxygen atoms in total. The summed E-state index contributed by atoms with van der Waals surface area (Å²) in [6.07, 6.45) is 0.733. The largest absolute Gasteiger partial charge is 0.363 e. The second-order valence-electron chi connectivity index (χ2n) is 5.88. The van der Waals surface area contributed by atoms with Gasteiger partial charge in [-0.05, 0) is 43.2 Å². The normalized spacial score (nSPS) is 11.3. The van der Waals surface area contributed by atoms with Crippen LogP contribution in [0, 0.1) is 5.82 Å². The molecular formula is C19H26FN5. The van der Waals surface area contributed by atoms with Crippen molar-refractivity contribution in [3.05, 3.63) is 59.5 Å². The van der Waals surface area contributed by atoms with Crippen molar-refractivity contribution in [1.82, 2.24) is 15.6 Å². The van der Waals surface area contributed by atoms with E-state index in [9.17, 15) is 4.39 Å². The highest BCUT2D eigenvalue weighted by atomic mass is 19.1. The molecule has 0 fully saturated rings. The molecule has 1 aromatic heterocycles. The van der Waals surface area contributed by atoms with Crippen molar-refractivity contribution in [3.8, 4) is 0 Å². The van der Waals surface area contributed by atoms with Gasteiger partial charge in [-0.3, -0.25) is 0 Å². The van der Waals surface area contributed by atoms with E-state index in [4.69, 9.17) is 0 Å². The van der Waals surface area contributed by atoms with Crippen molar-refractivity contribution in [2.75, 3.05) is 32.1 Å². The molecule has 0 unspecified atom stereocenters. The van der Waals surface area contributed by atoms with E-state index in [0.29, 0.717) is 13.1 Å². The van der Waals surface area contributed by atoms with Gasteiger partial charge in [-0.2, -0.15) is 0 Å². The zero-order valence-corrected chi connectivity index (χ0v) is 15.1. The minimum Gasteiger partial charge on any atom is -0.363 e. The first kappa shape index (κ1) is 18.7. The van der Waals surface area contributed by atoms with Gasteiger partial charge in [0.15, 0.2) is 5.96 Å². The van der Waals surface area contributed by atoms with Gasteiger partial charge < -0.3 is 15.5 Å². The maximum absolute atomic E-state index is 13.2. The topological polar surface area (TPSA) is 52.6 Å². The molecule has 0 aliphatic rings. The second-order valence-corrected chi connectivity index (χ2v) is 5.88. The van der Waals surface area contributed by atoms with Crippen LogP contribution in [0.15, 0.2) is 47.5 Å². The van der Waals surface area contributed by atoms with E-state index in [2.05, 4.69) is 20.6 Å². The molecule has 2 aromatic rings. The van der Waals surface area contributed by atoms with Gasteiger partial charge in [0, 0.05) is 27.2 Å². The standard InChI is InChI=1S/C19H26FN5/c1-4-21-19(22-12-11-15-7-5-8-16(20)13-15)23-14-17-9-6-10-18(24-17)25(2)3/h5-10,13H,4,11-12,14H2,1-3H3,(H2,21,22,23). The van der Waals surface area contributed by atoms with E-state index >= 15 is 0 Å². The molecule has 0 bridgehead atoms. The molecule has 0 spiro atoms. The molecule has 0 amide bonds. The summed E-state index contributed by atoms with van der Waals surface area (Å²) >= 11 is 0. The Hall–Kier alpha value is -2.63. The highest BCUT2D eigenvalue weighted by Gasteiger charge is 2.02. The summed E-state index contributed by atoms with van der Waals surface area (Å²) < 4.78 is 13.2. The monoisotopic (exact) mass is 343 g/mol. The van der Waals surface area contributed by atoms with Crippen molar-refractivity contribution < 1.29 is 4.39 Å². The number of rotatable bonds is 7. The average molecular weight is 343 g/mol. The lowest BCUT2D eigenvalue weighted by molar-refractivity contribution is 0.625. The number of hydrogen-bond acceptors (Lipinski definition) is 3. The first-order chi connectivity index (χ1) is 12.1. The van der Waals surface area contributed by atoms with Gasteiger partial charge in [-0.15, -0.1) is 0 Å². The fraction of sp³-hybridized carbons (Fsp3) is 0.368. The molecule has 1 heterocycles. The molecule has 0 aliphatic carbocycles. The second kappa shape index (κ2) is 9.61. The Labute approximate surface area is 149 Å². The molecule has 1 aromatic carbocycles. The molecular weight excluding hydrogens is 317 g/mol. The van der Waals surface area contributed by atoms with Crippen LogP contribution < -0.4 is 15.5 Å². The minimum atomic E-state index is -0.204. The lowest BCUT2D eigenvalue weighted by Crippen LogP contribution is -2.38. The number of pyridine rings is 1. The number of aliphatic imine (C=N–C) groups is 1. The van der Waals surface area contributed by atoms with E-state index < -0.39 is 0 Å². The van der Waals surface area contributed by atoms with E-state index in [-0.39, 0.29) is 5.82 Å². The van der Waals surface area contributed by atoms with Gasteiger partial charge in [0.25, 0.3) is 0 Å².